The molecule has 0 heterocycles. The van der Waals surface area contributed by atoms with E-state index in [0.29, 0.717) is 24.9 Å². The van der Waals surface area contributed by atoms with E-state index in [0.717, 1.165) is 28.8 Å². The number of hydrogen-bond donors (Lipinski definition) is 2. The van der Waals surface area contributed by atoms with Crippen LogP contribution in [-0.4, -0.2) is 24.9 Å². The molecule has 28 heavy (non-hydrogen) atoms. The number of nitrogens with one attached hydrogen (secondary N) is 1. The second-order valence-electron chi connectivity index (χ2n) is 7.48. The lowest BCUT2D eigenvalue weighted by Crippen LogP contribution is -2.25. The smallest absolute Gasteiger partial charge is 0.167 e. The summed E-state index contributed by atoms with van der Waals surface area (Å²) in [7, 11) is 0. The van der Waals surface area contributed by atoms with E-state index in [9.17, 15) is 4.79 Å². The van der Waals surface area contributed by atoms with Crippen LogP contribution in [0.15, 0.2) is 78.9 Å². The molecule has 3 aromatic rings. The van der Waals surface area contributed by atoms with Crippen LogP contribution in [-0.2, 0) is 6.42 Å². The van der Waals surface area contributed by atoms with Gasteiger partial charge in [0.25, 0.3) is 0 Å². The van der Waals surface area contributed by atoms with E-state index in [1.807, 2.05) is 42.5 Å². The molecule has 1 aliphatic rings. The van der Waals surface area contributed by atoms with E-state index >= 15 is 0 Å². The summed E-state index contributed by atoms with van der Waals surface area (Å²) in [6.07, 6.45) is 1.61. The third kappa shape index (κ3) is 4.38. The van der Waals surface area contributed by atoms with Crippen LogP contribution in [0.25, 0.3) is 11.1 Å². The Labute approximate surface area is 166 Å². The summed E-state index contributed by atoms with van der Waals surface area (Å²) in [5.41, 5.74) is 11.0. The first-order chi connectivity index (χ1) is 13.7. The second kappa shape index (κ2) is 8.51. The van der Waals surface area contributed by atoms with E-state index in [1.165, 1.54) is 12.0 Å². The van der Waals surface area contributed by atoms with Crippen LogP contribution in [0, 0.1) is 0 Å². The third-order valence-electron chi connectivity index (χ3n) is 5.43. The highest BCUT2D eigenvalue weighted by Crippen LogP contribution is 2.40. The van der Waals surface area contributed by atoms with Crippen LogP contribution in [0.5, 0.6) is 0 Å². The molecule has 0 aromatic heterocycles. The Kier molecular flexibility index (Phi) is 5.65. The van der Waals surface area contributed by atoms with Gasteiger partial charge < -0.3 is 11.1 Å². The van der Waals surface area contributed by atoms with Crippen molar-refractivity contribution in [2.45, 2.75) is 24.8 Å². The van der Waals surface area contributed by atoms with Gasteiger partial charge in [-0.25, -0.2) is 0 Å². The van der Waals surface area contributed by atoms with Crippen molar-refractivity contribution in [2.24, 2.45) is 5.73 Å². The van der Waals surface area contributed by atoms with Gasteiger partial charge in [0.2, 0.25) is 0 Å². The molecule has 0 amide bonds. The summed E-state index contributed by atoms with van der Waals surface area (Å²) in [6, 6.07) is 27.2. The van der Waals surface area contributed by atoms with Gasteiger partial charge in [-0.3, -0.25) is 4.79 Å². The van der Waals surface area contributed by atoms with Crippen LogP contribution in [0.2, 0.25) is 0 Å². The molecule has 0 saturated heterocycles. The first kappa shape index (κ1) is 18.6. The zero-order chi connectivity index (χ0) is 19.3. The van der Waals surface area contributed by atoms with Crippen molar-refractivity contribution in [1.29, 1.82) is 0 Å². The number of benzene rings is 3. The molecule has 3 N–H and O–H groups in total. The summed E-state index contributed by atoms with van der Waals surface area (Å²) in [6.45, 7) is 1.55. The molecule has 2 atom stereocenters. The van der Waals surface area contributed by atoms with Crippen molar-refractivity contribution >= 4 is 5.78 Å². The highest BCUT2D eigenvalue weighted by molar-refractivity contribution is 5.97. The zero-order valence-corrected chi connectivity index (χ0v) is 16.0. The number of carbonyl (C=O) groups is 1. The fourth-order valence-corrected chi connectivity index (χ4v) is 3.71. The normalized spacial score (nSPS) is 18.0. The van der Waals surface area contributed by atoms with Crippen molar-refractivity contribution in [3.8, 4) is 11.1 Å². The molecule has 0 spiro atoms. The van der Waals surface area contributed by atoms with Gasteiger partial charge in [-0.2, -0.15) is 0 Å². The SMILES string of the molecule is NCCNC1CC1c1ccc(CC(=O)c2ccc(-c3ccccc3)cc2)cc1. The number of hydrogen-bond acceptors (Lipinski definition) is 3. The van der Waals surface area contributed by atoms with Crippen LogP contribution < -0.4 is 11.1 Å². The van der Waals surface area contributed by atoms with Gasteiger partial charge in [0.1, 0.15) is 0 Å². The van der Waals surface area contributed by atoms with Gasteiger partial charge in [-0.15, -0.1) is 0 Å². The number of carbonyl (C=O) groups excluding carboxylic acids is 1. The highest BCUT2D eigenvalue weighted by atomic mass is 16.1. The molecular weight excluding hydrogens is 344 g/mol. The number of rotatable bonds is 8. The van der Waals surface area contributed by atoms with Gasteiger partial charge in [0.15, 0.2) is 5.78 Å². The summed E-state index contributed by atoms with van der Waals surface area (Å²) in [5, 5.41) is 3.46. The predicted molar refractivity (Wildman–Crippen MR) is 115 cm³/mol. The first-order valence-corrected chi connectivity index (χ1v) is 9.95. The topological polar surface area (TPSA) is 55.1 Å². The first-order valence-electron chi connectivity index (χ1n) is 9.95. The largest absolute Gasteiger partial charge is 0.329 e. The standard InChI is InChI=1S/C25H26N2O/c26-14-15-27-24-17-23(24)21-8-6-18(7-9-21)16-25(28)22-12-10-20(11-13-22)19-4-2-1-3-5-19/h1-13,23-24,27H,14-17,26H2. The van der Waals surface area contributed by atoms with Gasteiger partial charge in [-0.1, -0.05) is 78.9 Å². The Morgan fingerprint density at radius 1 is 0.893 bits per heavy atom. The Morgan fingerprint density at radius 3 is 2.25 bits per heavy atom. The van der Waals surface area contributed by atoms with Crippen LogP contribution in [0.3, 0.4) is 0 Å². The number of nitrogens with two attached hydrogens (primary N) is 1. The Hall–Kier alpha value is -2.75. The molecule has 0 aliphatic heterocycles. The highest BCUT2D eigenvalue weighted by Gasteiger charge is 2.37. The molecule has 142 valence electrons. The van der Waals surface area contributed by atoms with E-state index in [-0.39, 0.29) is 5.78 Å². The molecule has 3 heteroatoms. The molecule has 1 aliphatic carbocycles. The zero-order valence-electron chi connectivity index (χ0n) is 16.0. The van der Waals surface area contributed by atoms with Crippen molar-refractivity contribution in [1.82, 2.24) is 5.32 Å². The molecule has 0 bridgehead atoms. The number of Topliss-reactive ketones (excluding diaryl/α,β-unsaturated/α-hetero) is 1. The van der Waals surface area contributed by atoms with E-state index in [4.69, 9.17) is 5.73 Å². The van der Waals surface area contributed by atoms with Crippen LogP contribution in [0.1, 0.15) is 33.8 Å². The van der Waals surface area contributed by atoms with Crippen molar-refractivity contribution in [3.05, 3.63) is 95.6 Å². The lowest BCUT2D eigenvalue weighted by molar-refractivity contribution is 0.0993. The van der Waals surface area contributed by atoms with E-state index in [2.05, 4.69) is 41.7 Å². The average molecular weight is 370 g/mol. The van der Waals surface area contributed by atoms with Gasteiger partial charge in [0.05, 0.1) is 0 Å². The molecule has 3 aromatic carbocycles. The molecule has 2 unspecified atom stereocenters. The summed E-state index contributed by atoms with van der Waals surface area (Å²) in [4.78, 5) is 12.6. The summed E-state index contributed by atoms with van der Waals surface area (Å²) < 4.78 is 0. The molecule has 1 saturated carbocycles. The van der Waals surface area contributed by atoms with E-state index < -0.39 is 0 Å². The predicted octanol–water partition coefficient (Wildman–Crippen LogP) is 4.18. The quantitative estimate of drug-likeness (QED) is 0.585. The third-order valence-corrected chi connectivity index (χ3v) is 5.43. The van der Waals surface area contributed by atoms with Crippen LogP contribution in [0.4, 0.5) is 0 Å². The molecular formula is C25H26N2O. The molecule has 0 radical (unpaired) electrons. The lowest BCUT2D eigenvalue weighted by Gasteiger charge is -2.06. The maximum absolute atomic E-state index is 12.6. The Balaban J connectivity index is 1.36. The minimum Gasteiger partial charge on any atom is -0.329 e. The van der Waals surface area contributed by atoms with Gasteiger partial charge >= 0.3 is 0 Å². The van der Waals surface area contributed by atoms with Gasteiger partial charge in [0, 0.05) is 37.0 Å². The summed E-state index contributed by atoms with van der Waals surface area (Å²) in [5.74, 6) is 0.739. The minimum atomic E-state index is 0.154. The number of ketones is 1. The monoisotopic (exact) mass is 370 g/mol. The fourth-order valence-electron chi connectivity index (χ4n) is 3.71. The maximum Gasteiger partial charge on any atom is 0.167 e. The Bertz CT molecular complexity index is 917. The van der Waals surface area contributed by atoms with Crippen molar-refractivity contribution < 1.29 is 4.79 Å². The molecule has 3 nitrogen and oxygen atoms in total. The fraction of sp³-hybridized carbons (Fsp3) is 0.240. The minimum absolute atomic E-state index is 0.154. The molecule has 4 rings (SSSR count). The lowest BCUT2D eigenvalue weighted by atomic mass is 9.98. The summed E-state index contributed by atoms with van der Waals surface area (Å²) >= 11 is 0. The van der Waals surface area contributed by atoms with Crippen LogP contribution >= 0.6 is 0 Å². The van der Waals surface area contributed by atoms with Crippen molar-refractivity contribution in [2.75, 3.05) is 13.1 Å². The average Bonchev–Trinajstić information content (AvgIpc) is 3.53. The van der Waals surface area contributed by atoms with Gasteiger partial charge in [-0.05, 0) is 28.7 Å². The second-order valence-corrected chi connectivity index (χ2v) is 7.48. The van der Waals surface area contributed by atoms with E-state index in [1.54, 1.807) is 0 Å². The Morgan fingerprint density at radius 2 is 1.57 bits per heavy atom. The maximum atomic E-state index is 12.6. The molecule has 1 fully saturated rings. The van der Waals surface area contributed by atoms with Crippen molar-refractivity contribution in [3.63, 3.8) is 0 Å².